The lowest BCUT2D eigenvalue weighted by atomic mass is 9.87. The first-order valence-corrected chi connectivity index (χ1v) is 10.4. The van der Waals surface area contributed by atoms with Crippen LogP contribution in [0.2, 0.25) is 0 Å². The average Bonchev–Trinajstić information content (AvgIpc) is 2.99. The van der Waals surface area contributed by atoms with Crippen molar-refractivity contribution < 1.29 is 4.57 Å². The summed E-state index contributed by atoms with van der Waals surface area (Å²) in [5.41, 5.74) is 9.38. The highest BCUT2D eigenvalue weighted by Crippen LogP contribution is 2.34. The lowest BCUT2D eigenvalue weighted by molar-refractivity contribution is -0.660. The van der Waals surface area contributed by atoms with Crippen LogP contribution in [-0.2, 0) is 20.5 Å². The molecular weight excluding hydrogens is 352 g/mol. The molecule has 2 aromatic heterocycles. The Hall–Kier alpha value is -2.87. The molecule has 148 valence electrons. The molecule has 0 saturated heterocycles. The minimum atomic E-state index is 0.275. The molecule has 0 atom stereocenters. The molecule has 0 radical (unpaired) electrons. The van der Waals surface area contributed by atoms with Gasteiger partial charge in [-0.25, -0.2) is 4.57 Å². The number of benzene rings is 2. The van der Waals surface area contributed by atoms with E-state index in [1.165, 1.54) is 44.5 Å². The van der Waals surface area contributed by atoms with Crippen molar-refractivity contribution in [2.24, 2.45) is 19.5 Å². The van der Waals surface area contributed by atoms with Gasteiger partial charge in [0.25, 0.3) is 0 Å². The van der Waals surface area contributed by atoms with E-state index in [2.05, 4.69) is 118 Å². The first-order valence-electron chi connectivity index (χ1n) is 10.4. The number of aromatic nitrogens is 2. The third-order valence-electron chi connectivity index (χ3n) is 5.79. The molecular formula is C27H31N2+. The minimum Gasteiger partial charge on any atom is -0.344 e. The van der Waals surface area contributed by atoms with Gasteiger partial charge in [-0.3, -0.25) is 0 Å². The summed E-state index contributed by atoms with van der Waals surface area (Å²) in [6, 6.07) is 22.2. The van der Waals surface area contributed by atoms with Gasteiger partial charge in [-0.2, -0.15) is 0 Å². The minimum absolute atomic E-state index is 0.275. The number of para-hydroxylation sites is 1. The van der Waals surface area contributed by atoms with E-state index in [1.54, 1.807) is 0 Å². The number of rotatable bonds is 3. The maximum absolute atomic E-state index is 2.36. The fourth-order valence-electron chi connectivity index (χ4n) is 4.34. The highest BCUT2D eigenvalue weighted by atomic mass is 14.9. The molecule has 0 aliphatic heterocycles. The van der Waals surface area contributed by atoms with E-state index < -0.39 is 0 Å². The van der Waals surface area contributed by atoms with Crippen molar-refractivity contribution >= 4 is 10.9 Å². The normalized spacial score (nSPS) is 11.9. The van der Waals surface area contributed by atoms with Crippen LogP contribution in [0.5, 0.6) is 0 Å². The molecule has 0 unspecified atom stereocenters. The van der Waals surface area contributed by atoms with Crippen molar-refractivity contribution in [1.82, 2.24) is 4.57 Å². The summed E-state index contributed by atoms with van der Waals surface area (Å²) in [6.45, 7) is 9.14. The van der Waals surface area contributed by atoms with Gasteiger partial charge in [0.05, 0.1) is 0 Å². The Morgan fingerprint density at radius 1 is 0.897 bits per heavy atom. The zero-order valence-corrected chi connectivity index (χ0v) is 18.5. The van der Waals surface area contributed by atoms with Gasteiger partial charge in [-0.15, -0.1) is 0 Å². The first-order chi connectivity index (χ1) is 13.7. The number of fused-ring (bicyclic) bond motifs is 1. The largest absolute Gasteiger partial charge is 0.344 e. The van der Waals surface area contributed by atoms with Crippen molar-refractivity contribution in [3.05, 3.63) is 78.0 Å². The molecule has 2 aromatic carbocycles. The zero-order valence-electron chi connectivity index (χ0n) is 18.5. The number of nitrogens with zero attached hydrogens (tertiary/aromatic N) is 2. The Kier molecular flexibility index (Phi) is 4.82. The van der Waals surface area contributed by atoms with Crippen molar-refractivity contribution in [3.63, 3.8) is 0 Å². The predicted molar refractivity (Wildman–Crippen MR) is 123 cm³/mol. The van der Waals surface area contributed by atoms with Crippen molar-refractivity contribution in [3.8, 4) is 22.5 Å². The molecule has 4 aromatic rings. The maximum atomic E-state index is 2.36. The molecule has 0 amide bonds. The highest BCUT2D eigenvalue weighted by Gasteiger charge is 2.19. The zero-order chi connectivity index (χ0) is 20.8. The Morgan fingerprint density at radius 2 is 1.62 bits per heavy atom. The van der Waals surface area contributed by atoms with E-state index in [0.717, 1.165) is 6.42 Å². The summed E-state index contributed by atoms with van der Waals surface area (Å²) in [7, 11) is 4.30. The van der Waals surface area contributed by atoms with Crippen LogP contribution in [0.4, 0.5) is 0 Å². The molecule has 0 saturated carbocycles. The fourth-order valence-corrected chi connectivity index (χ4v) is 4.34. The van der Waals surface area contributed by atoms with Crippen molar-refractivity contribution in [2.75, 3.05) is 0 Å². The third kappa shape index (κ3) is 3.72. The Balaban J connectivity index is 1.85. The van der Waals surface area contributed by atoms with Gasteiger partial charge in [0, 0.05) is 46.9 Å². The second-order valence-electron chi connectivity index (χ2n) is 9.39. The van der Waals surface area contributed by atoms with E-state index in [4.69, 9.17) is 0 Å². The van der Waals surface area contributed by atoms with Crippen molar-refractivity contribution in [2.45, 2.75) is 34.1 Å². The standard InChI is InChI=1S/C27H31N2/c1-19-22(25-16-20(14-15-28(25)5)18-27(2,3)4)11-9-12-23(19)26-17-21-10-7-8-13-24(21)29(26)6/h7-17H,18H2,1-6H3/q+1. The van der Waals surface area contributed by atoms with Gasteiger partial charge >= 0.3 is 0 Å². The summed E-state index contributed by atoms with van der Waals surface area (Å²) in [6.07, 6.45) is 3.27. The van der Waals surface area contributed by atoms with Crippen LogP contribution in [0.3, 0.4) is 0 Å². The molecule has 2 nitrogen and oxygen atoms in total. The number of hydrogen-bond acceptors (Lipinski definition) is 0. The van der Waals surface area contributed by atoms with Crippen LogP contribution in [-0.4, -0.2) is 4.57 Å². The average molecular weight is 384 g/mol. The summed E-state index contributed by atoms with van der Waals surface area (Å²) >= 11 is 0. The van der Waals surface area contributed by atoms with E-state index >= 15 is 0 Å². The van der Waals surface area contributed by atoms with Gasteiger partial charge in [0.1, 0.15) is 7.05 Å². The summed E-state index contributed by atoms with van der Waals surface area (Å²) in [4.78, 5) is 0. The molecule has 2 heteroatoms. The monoisotopic (exact) mass is 383 g/mol. The second kappa shape index (κ2) is 7.18. The topological polar surface area (TPSA) is 8.81 Å². The Labute approximate surface area is 174 Å². The molecule has 0 bridgehead atoms. The Bertz CT molecular complexity index is 1190. The number of pyridine rings is 1. The van der Waals surface area contributed by atoms with Crippen LogP contribution in [0.25, 0.3) is 33.4 Å². The second-order valence-corrected chi connectivity index (χ2v) is 9.39. The third-order valence-corrected chi connectivity index (χ3v) is 5.79. The summed E-state index contributed by atoms with van der Waals surface area (Å²) in [5.74, 6) is 0. The number of aryl methyl sites for hydroxylation is 2. The molecule has 0 aliphatic rings. The molecule has 0 fully saturated rings. The smallest absolute Gasteiger partial charge is 0.212 e. The highest BCUT2D eigenvalue weighted by molar-refractivity contribution is 5.88. The van der Waals surface area contributed by atoms with E-state index in [1.807, 2.05) is 0 Å². The van der Waals surface area contributed by atoms with Gasteiger partial charge in [0.2, 0.25) is 5.69 Å². The molecule has 4 rings (SSSR count). The quantitative estimate of drug-likeness (QED) is 0.371. The lowest BCUT2D eigenvalue weighted by Gasteiger charge is -2.18. The summed E-state index contributed by atoms with van der Waals surface area (Å²) < 4.78 is 4.54. The van der Waals surface area contributed by atoms with Gasteiger partial charge in [-0.05, 0) is 48.1 Å². The lowest BCUT2D eigenvalue weighted by Crippen LogP contribution is -2.31. The predicted octanol–water partition coefficient (Wildman–Crippen LogP) is 6.23. The van der Waals surface area contributed by atoms with Crippen LogP contribution in [0.15, 0.2) is 66.9 Å². The molecule has 0 spiro atoms. The first kappa shape index (κ1) is 19.4. The van der Waals surface area contributed by atoms with Gasteiger partial charge < -0.3 is 4.57 Å². The van der Waals surface area contributed by atoms with Gasteiger partial charge in [0.15, 0.2) is 6.20 Å². The fraction of sp³-hybridized carbons (Fsp3) is 0.296. The molecule has 2 heterocycles. The maximum Gasteiger partial charge on any atom is 0.212 e. The van der Waals surface area contributed by atoms with Crippen molar-refractivity contribution in [1.29, 1.82) is 0 Å². The van der Waals surface area contributed by atoms with Crippen LogP contribution >= 0.6 is 0 Å². The Morgan fingerprint density at radius 3 is 2.34 bits per heavy atom. The van der Waals surface area contributed by atoms with E-state index in [0.29, 0.717) is 0 Å². The number of hydrogen-bond donors (Lipinski definition) is 0. The van der Waals surface area contributed by atoms with E-state index in [9.17, 15) is 0 Å². The molecule has 0 aliphatic carbocycles. The summed E-state index contributed by atoms with van der Waals surface area (Å²) in [5, 5.41) is 1.28. The van der Waals surface area contributed by atoms with Crippen LogP contribution in [0, 0.1) is 12.3 Å². The molecule has 0 N–H and O–H groups in total. The SMILES string of the molecule is Cc1c(-c2cc3ccccc3n2C)cccc1-c1cc(CC(C)(C)C)cc[n+]1C. The molecule has 29 heavy (non-hydrogen) atoms. The van der Waals surface area contributed by atoms with Gasteiger partial charge in [-0.1, -0.05) is 51.1 Å². The van der Waals surface area contributed by atoms with Crippen LogP contribution in [0.1, 0.15) is 31.9 Å². The van der Waals surface area contributed by atoms with E-state index in [-0.39, 0.29) is 5.41 Å². The van der Waals surface area contributed by atoms with Crippen LogP contribution < -0.4 is 4.57 Å².